The van der Waals surface area contributed by atoms with Crippen LogP contribution in [0.15, 0.2) is 40.8 Å². The van der Waals surface area contributed by atoms with Gasteiger partial charge in [0, 0.05) is 12.0 Å². The number of benzene rings is 1. The first-order chi connectivity index (χ1) is 10.2. The molecule has 0 aliphatic heterocycles. The summed E-state index contributed by atoms with van der Waals surface area (Å²) >= 11 is 0. The molecule has 0 N–H and O–H groups in total. The molecule has 0 saturated heterocycles. The predicted octanol–water partition coefficient (Wildman–Crippen LogP) is 6.58. The third-order valence-electron chi connectivity index (χ3n) is 4.03. The lowest BCUT2D eigenvalue weighted by Gasteiger charge is -2.05. The minimum atomic E-state index is 0.525. The standard InChI is InChI=1S/C20H28O/c1-4-5-6-7-11-14-19-18(16(2)3)15-20(21-19)17-12-9-8-10-13-17/h8-10,12-13,15-16H,4-7,11,14H2,1-3H3. The van der Waals surface area contributed by atoms with Gasteiger partial charge in [-0.1, -0.05) is 76.8 Å². The van der Waals surface area contributed by atoms with E-state index in [1.54, 1.807) is 0 Å². The highest BCUT2D eigenvalue weighted by Gasteiger charge is 2.14. The van der Waals surface area contributed by atoms with E-state index in [-0.39, 0.29) is 0 Å². The quantitative estimate of drug-likeness (QED) is 0.499. The maximum atomic E-state index is 6.17. The SMILES string of the molecule is CCCCCCCc1oc(-c2ccccc2)cc1C(C)C. The Hall–Kier alpha value is -1.50. The summed E-state index contributed by atoms with van der Waals surface area (Å²) in [6, 6.07) is 12.7. The van der Waals surface area contributed by atoms with Gasteiger partial charge in [-0.2, -0.15) is 0 Å². The van der Waals surface area contributed by atoms with Crippen LogP contribution in [0.2, 0.25) is 0 Å². The number of hydrogen-bond donors (Lipinski definition) is 0. The third kappa shape index (κ3) is 4.49. The monoisotopic (exact) mass is 284 g/mol. The van der Waals surface area contributed by atoms with Crippen LogP contribution in [0.25, 0.3) is 11.3 Å². The summed E-state index contributed by atoms with van der Waals surface area (Å²) in [6.07, 6.45) is 7.62. The molecule has 1 heteroatoms. The molecule has 0 fully saturated rings. The molecule has 1 aromatic carbocycles. The summed E-state index contributed by atoms with van der Waals surface area (Å²) in [5.74, 6) is 2.74. The van der Waals surface area contributed by atoms with Gasteiger partial charge in [0.15, 0.2) is 0 Å². The van der Waals surface area contributed by atoms with E-state index in [4.69, 9.17) is 4.42 Å². The average Bonchev–Trinajstić information content (AvgIpc) is 2.92. The molecule has 1 aromatic heterocycles. The second-order valence-electron chi connectivity index (χ2n) is 6.17. The minimum absolute atomic E-state index is 0.525. The topological polar surface area (TPSA) is 13.1 Å². The molecule has 0 aliphatic rings. The lowest BCUT2D eigenvalue weighted by atomic mass is 9.99. The second-order valence-corrected chi connectivity index (χ2v) is 6.17. The number of aryl methyl sites for hydroxylation is 1. The van der Waals surface area contributed by atoms with Gasteiger partial charge in [0.1, 0.15) is 11.5 Å². The van der Waals surface area contributed by atoms with Crippen molar-refractivity contribution in [3.05, 3.63) is 47.7 Å². The molecule has 0 radical (unpaired) electrons. The summed E-state index contributed by atoms with van der Waals surface area (Å²) in [7, 11) is 0. The van der Waals surface area contributed by atoms with Gasteiger partial charge < -0.3 is 4.42 Å². The van der Waals surface area contributed by atoms with Crippen LogP contribution in [-0.4, -0.2) is 0 Å². The first kappa shape index (κ1) is 15.9. The van der Waals surface area contributed by atoms with Crippen LogP contribution in [0.1, 0.15) is 70.1 Å². The Kier molecular flexibility index (Phi) is 6.10. The maximum absolute atomic E-state index is 6.17. The lowest BCUT2D eigenvalue weighted by molar-refractivity contribution is 0.496. The van der Waals surface area contributed by atoms with Crippen molar-refractivity contribution in [2.75, 3.05) is 0 Å². The van der Waals surface area contributed by atoms with Crippen LogP contribution >= 0.6 is 0 Å². The fraction of sp³-hybridized carbons (Fsp3) is 0.500. The molecule has 0 bridgehead atoms. The highest BCUT2D eigenvalue weighted by Crippen LogP contribution is 2.31. The largest absolute Gasteiger partial charge is 0.461 e. The van der Waals surface area contributed by atoms with Gasteiger partial charge in [0.2, 0.25) is 0 Å². The number of furan rings is 1. The van der Waals surface area contributed by atoms with Crippen LogP contribution in [0.3, 0.4) is 0 Å². The van der Waals surface area contributed by atoms with E-state index in [9.17, 15) is 0 Å². The number of unbranched alkanes of at least 4 members (excludes halogenated alkanes) is 4. The van der Waals surface area contributed by atoms with Crippen molar-refractivity contribution in [3.8, 4) is 11.3 Å². The van der Waals surface area contributed by atoms with Gasteiger partial charge in [0.25, 0.3) is 0 Å². The molecule has 0 amide bonds. The molecule has 0 saturated carbocycles. The molecular weight excluding hydrogens is 256 g/mol. The summed E-state index contributed by atoms with van der Waals surface area (Å²) in [5, 5.41) is 0. The first-order valence-electron chi connectivity index (χ1n) is 8.40. The summed E-state index contributed by atoms with van der Waals surface area (Å²) in [5.41, 5.74) is 2.56. The van der Waals surface area contributed by atoms with Gasteiger partial charge in [0.05, 0.1) is 0 Å². The van der Waals surface area contributed by atoms with Gasteiger partial charge in [-0.3, -0.25) is 0 Å². The van der Waals surface area contributed by atoms with E-state index >= 15 is 0 Å². The second kappa shape index (κ2) is 8.07. The Bertz CT molecular complexity index is 522. The van der Waals surface area contributed by atoms with Crippen LogP contribution in [-0.2, 0) is 6.42 Å². The smallest absolute Gasteiger partial charge is 0.134 e. The highest BCUT2D eigenvalue weighted by molar-refractivity contribution is 5.59. The van der Waals surface area contributed by atoms with Crippen molar-refractivity contribution in [1.82, 2.24) is 0 Å². The van der Waals surface area contributed by atoms with Gasteiger partial charge in [-0.25, -0.2) is 0 Å². The van der Waals surface area contributed by atoms with E-state index in [1.807, 2.05) is 6.07 Å². The molecule has 0 atom stereocenters. The Morgan fingerprint density at radius 3 is 2.33 bits per heavy atom. The third-order valence-corrected chi connectivity index (χ3v) is 4.03. The van der Waals surface area contributed by atoms with E-state index in [1.165, 1.54) is 49.0 Å². The molecule has 0 spiro atoms. The van der Waals surface area contributed by atoms with E-state index in [0.29, 0.717) is 5.92 Å². The van der Waals surface area contributed by atoms with Crippen LogP contribution in [0.4, 0.5) is 0 Å². The van der Waals surface area contributed by atoms with Crippen LogP contribution in [0.5, 0.6) is 0 Å². The molecule has 1 heterocycles. The fourth-order valence-corrected chi connectivity index (χ4v) is 2.76. The molecule has 1 nitrogen and oxygen atoms in total. The van der Waals surface area contributed by atoms with E-state index < -0.39 is 0 Å². The highest BCUT2D eigenvalue weighted by atomic mass is 16.3. The number of hydrogen-bond acceptors (Lipinski definition) is 1. The van der Waals surface area contributed by atoms with Gasteiger partial charge in [-0.15, -0.1) is 0 Å². The zero-order chi connectivity index (χ0) is 15.1. The van der Waals surface area contributed by atoms with E-state index in [2.05, 4.69) is 51.1 Å². The average molecular weight is 284 g/mol. The Morgan fingerprint density at radius 2 is 1.67 bits per heavy atom. The lowest BCUT2D eigenvalue weighted by Crippen LogP contribution is -1.92. The Morgan fingerprint density at radius 1 is 0.952 bits per heavy atom. The number of rotatable bonds is 8. The summed E-state index contributed by atoms with van der Waals surface area (Å²) < 4.78 is 6.17. The maximum Gasteiger partial charge on any atom is 0.134 e. The van der Waals surface area contributed by atoms with Gasteiger partial charge in [-0.05, 0) is 24.0 Å². The van der Waals surface area contributed by atoms with Crippen molar-refractivity contribution in [2.24, 2.45) is 0 Å². The van der Waals surface area contributed by atoms with Crippen molar-refractivity contribution < 1.29 is 4.42 Å². The van der Waals surface area contributed by atoms with Crippen LogP contribution < -0.4 is 0 Å². The predicted molar refractivity (Wildman–Crippen MR) is 90.7 cm³/mol. The van der Waals surface area contributed by atoms with Crippen molar-refractivity contribution >= 4 is 0 Å². The molecule has 114 valence electrons. The van der Waals surface area contributed by atoms with Gasteiger partial charge >= 0.3 is 0 Å². The molecule has 2 rings (SSSR count). The fourth-order valence-electron chi connectivity index (χ4n) is 2.76. The summed E-state index contributed by atoms with van der Waals surface area (Å²) in [4.78, 5) is 0. The normalized spacial score (nSPS) is 11.2. The Labute approximate surface area is 129 Å². The molecule has 0 unspecified atom stereocenters. The molecule has 2 aromatic rings. The van der Waals surface area contributed by atoms with Crippen molar-refractivity contribution in [2.45, 2.75) is 65.2 Å². The van der Waals surface area contributed by atoms with Crippen molar-refractivity contribution in [1.29, 1.82) is 0 Å². The zero-order valence-corrected chi connectivity index (χ0v) is 13.7. The summed E-state index contributed by atoms with van der Waals surface area (Å²) in [6.45, 7) is 6.76. The van der Waals surface area contributed by atoms with E-state index in [0.717, 1.165) is 12.2 Å². The molecular formula is C20H28O. The minimum Gasteiger partial charge on any atom is -0.461 e. The van der Waals surface area contributed by atoms with Crippen molar-refractivity contribution in [3.63, 3.8) is 0 Å². The first-order valence-corrected chi connectivity index (χ1v) is 8.40. The van der Waals surface area contributed by atoms with Crippen LogP contribution in [0, 0.1) is 0 Å². The Balaban J connectivity index is 2.07. The molecule has 0 aliphatic carbocycles. The molecule has 21 heavy (non-hydrogen) atoms. The zero-order valence-electron chi connectivity index (χ0n) is 13.7.